The predicted molar refractivity (Wildman–Crippen MR) is 82.6 cm³/mol. The van der Waals surface area contributed by atoms with Crippen LogP contribution in [0.2, 0.25) is 0 Å². The van der Waals surface area contributed by atoms with E-state index in [0.29, 0.717) is 4.88 Å². The Kier molecular flexibility index (Phi) is 5.03. The molecule has 0 radical (unpaired) electrons. The van der Waals surface area contributed by atoms with Crippen LogP contribution in [0.1, 0.15) is 15.2 Å². The molecule has 0 aliphatic carbocycles. The summed E-state index contributed by atoms with van der Waals surface area (Å²) in [6, 6.07) is 7.29. The lowest BCUT2D eigenvalue weighted by atomic mass is 10.2. The second-order valence-electron chi connectivity index (χ2n) is 3.94. The third-order valence-electron chi connectivity index (χ3n) is 2.50. The Morgan fingerprint density at radius 1 is 1.33 bits per heavy atom. The zero-order chi connectivity index (χ0) is 15.6. The number of hydrogen-bond acceptors (Lipinski definition) is 4. The summed E-state index contributed by atoms with van der Waals surface area (Å²) in [5.74, 6) is -1.23. The number of hydrogen-bond donors (Lipinski definition) is 1. The molecular formula is C12H8BrClFNO3S2. The fraction of sp³-hybridized carbons (Fsp3) is 0.0833. The maximum atomic E-state index is 13.7. The van der Waals surface area contributed by atoms with Crippen molar-refractivity contribution in [2.24, 2.45) is 0 Å². The van der Waals surface area contributed by atoms with Crippen LogP contribution in [0, 0.1) is 5.82 Å². The van der Waals surface area contributed by atoms with E-state index < -0.39 is 20.8 Å². The number of rotatable bonds is 4. The van der Waals surface area contributed by atoms with Crippen molar-refractivity contribution >= 4 is 52.9 Å². The molecule has 0 aliphatic heterocycles. The predicted octanol–water partition coefficient (Wildman–Crippen LogP) is 3.51. The first-order valence-electron chi connectivity index (χ1n) is 5.54. The number of carbonyl (C=O) groups excluding carboxylic acids is 1. The van der Waals surface area contributed by atoms with E-state index in [1.165, 1.54) is 24.3 Å². The van der Waals surface area contributed by atoms with Crippen molar-refractivity contribution in [1.29, 1.82) is 0 Å². The fourth-order valence-corrected chi connectivity index (χ4v) is 3.95. The Balaban J connectivity index is 2.08. The molecule has 2 aromatic rings. The zero-order valence-corrected chi connectivity index (χ0v) is 14.2. The van der Waals surface area contributed by atoms with E-state index in [1.807, 2.05) is 0 Å². The molecule has 1 heterocycles. The van der Waals surface area contributed by atoms with E-state index in [2.05, 4.69) is 21.2 Å². The highest BCUT2D eigenvalue weighted by Crippen LogP contribution is 2.25. The summed E-state index contributed by atoms with van der Waals surface area (Å²) in [4.78, 5) is 12.5. The van der Waals surface area contributed by atoms with Crippen molar-refractivity contribution in [2.75, 3.05) is 0 Å². The largest absolute Gasteiger partial charge is 0.347 e. The number of carbonyl (C=O) groups is 1. The molecule has 112 valence electrons. The Hall–Kier alpha value is -0.960. The van der Waals surface area contributed by atoms with Crippen LogP contribution in [0.25, 0.3) is 0 Å². The third kappa shape index (κ3) is 4.03. The van der Waals surface area contributed by atoms with E-state index in [-0.39, 0.29) is 20.8 Å². The van der Waals surface area contributed by atoms with Crippen molar-refractivity contribution in [1.82, 2.24) is 5.32 Å². The van der Waals surface area contributed by atoms with Crippen LogP contribution in [0.3, 0.4) is 0 Å². The smallest absolute Gasteiger partial charge is 0.270 e. The van der Waals surface area contributed by atoms with Gasteiger partial charge in [-0.1, -0.05) is 6.07 Å². The first-order chi connectivity index (χ1) is 9.79. The van der Waals surface area contributed by atoms with Gasteiger partial charge in [0, 0.05) is 15.6 Å². The number of halogens is 3. The minimum Gasteiger partial charge on any atom is -0.347 e. The Morgan fingerprint density at radius 3 is 2.67 bits per heavy atom. The van der Waals surface area contributed by atoms with Gasteiger partial charge in [-0.3, -0.25) is 4.79 Å². The Labute approximate surface area is 137 Å². The molecule has 1 aromatic carbocycles. The molecule has 2 rings (SSSR count). The molecule has 0 unspecified atom stereocenters. The molecule has 0 saturated carbocycles. The molecule has 0 aliphatic rings. The SMILES string of the molecule is O=C(NCc1ccc(S(=O)(=O)Cl)s1)c1cccc(Br)c1F. The van der Waals surface area contributed by atoms with Crippen molar-refractivity contribution in [2.45, 2.75) is 10.8 Å². The van der Waals surface area contributed by atoms with E-state index in [9.17, 15) is 17.6 Å². The first-order valence-corrected chi connectivity index (χ1v) is 9.46. The minimum atomic E-state index is -3.77. The highest BCUT2D eigenvalue weighted by molar-refractivity contribution is 9.10. The van der Waals surface area contributed by atoms with Crippen LogP contribution < -0.4 is 5.32 Å². The quantitative estimate of drug-likeness (QED) is 0.782. The maximum Gasteiger partial charge on any atom is 0.270 e. The standard InChI is InChI=1S/C12H8BrClFNO3S2/c13-9-3-1-2-8(11(9)15)12(17)16-6-7-4-5-10(20-7)21(14,18)19/h1-5H,6H2,(H,16,17). The molecule has 1 N–H and O–H groups in total. The van der Waals surface area contributed by atoms with Gasteiger partial charge in [-0.2, -0.15) is 0 Å². The summed E-state index contributed by atoms with van der Waals surface area (Å²) >= 11 is 3.95. The first kappa shape index (κ1) is 16.4. The molecule has 0 atom stereocenters. The molecule has 0 fully saturated rings. The molecule has 0 spiro atoms. The number of nitrogens with one attached hydrogen (secondary N) is 1. The average Bonchev–Trinajstić information content (AvgIpc) is 2.88. The Morgan fingerprint density at radius 2 is 2.05 bits per heavy atom. The van der Waals surface area contributed by atoms with Gasteiger partial charge in [-0.15, -0.1) is 11.3 Å². The molecule has 1 amide bonds. The number of benzene rings is 1. The monoisotopic (exact) mass is 411 g/mol. The topological polar surface area (TPSA) is 63.2 Å². The molecule has 0 bridgehead atoms. The van der Waals surface area contributed by atoms with Crippen molar-refractivity contribution in [3.63, 3.8) is 0 Å². The number of amides is 1. The lowest BCUT2D eigenvalue weighted by Gasteiger charge is -2.05. The van der Waals surface area contributed by atoms with E-state index in [0.717, 1.165) is 11.3 Å². The average molecular weight is 413 g/mol. The van der Waals surface area contributed by atoms with E-state index in [1.54, 1.807) is 6.07 Å². The second-order valence-corrected chi connectivity index (χ2v) is 8.76. The second kappa shape index (κ2) is 6.43. The van der Waals surface area contributed by atoms with Crippen LogP contribution >= 0.6 is 37.9 Å². The van der Waals surface area contributed by atoms with E-state index in [4.69, 9.17) is 10.7 Å². The van der Waals surface area contributed by atoms with Crippen LogP contribution in [0.5, 0.6) is 0 Å². The van der Waals surface area contributed by atoms with Crippen molar-refractivity contribution < 1.29 is 17.6 Å². The molecule has 4 nitrogen and oxygen atoms in total. The van der Waals surface area contributed by atoms with Crippen molar-refractivity contribution in [3.05, 3.63) is 51.1 Å². The van der Waals surface area contributed by atoms with Gasteiger partial charge < -0.3 is 5.32 Å². The van der Waals surface area contributed by atoms with Gasteiger partial charge in [0.15, 0.2) is 0 Å². The third-order valence-corrected chi connectivity index (χ3v) is 6.29. The molecule has 21 heavy (non-hydrogen) atoms. The summed E-state index contributed by atoms with van der Waals surface area (Å²) < 4.78 is 36.2. The minimum absolute atomic E-state index is 0.00190. The zero-order valence-electron chi connectivity index (χ0n) is 10.3. The van der Waals surface area contributed by atoms with Crippen LogP contribution in [-0.4, -0.2) is 14.3 Å². The van der Waals surface area contributed by atoms with Gasteiger partial charge in [-0.25, -0.2) is 12.8 Å². The molecule has 9 heteroatoms. The summed E-state index contributed by atoms with van der Waals surface area (Å²) in [6.45, 7) is 0.0852. The lowest BCUT2D eigenvalue weighted by molar-refractivity contribution is 0.0947. The normalized spacial score (nSPS) is 11.4. The fourth-order valence-electron chi connectivity index (χ4n) is 1.53. The Bertz CT molecular complexity index is 792. The summed E-state index contributed by atoms with van der Waals surface area (Å²) in [5, 5.41) is 2.52. The number of thiophene rings is 1. The van der Waals surface area contributed by atoms with Gasteiger partial charge in [0.25, 0.3) is 15.0 Å². The highest BCUT2D eigenvalue weighted by atomic mass is 79.9. The highest BCUT2D eigenvalue weighted by Gasteiger charge is 2.16. The summed E-state index contributed by atoms with van der Waals surface area (Å²) in [5.41, 5.74) is -0.0916. The van der Waals surface area contributed by atoms with Gasteiger partial charge in [0.2, 0.25) is 0 Å². The van der Waals surface area contributed by atoms with Gasteiger partial charge in [0.05, 0.1) is 16.6 Å². The lowest BCUT2D eigenvalue weighted by Crippen LogP contribution is -2.23. The summed E-state index contributed by atoms with van der Waals surface area (Å²) in [7, 11) is 1.44. The van der Waals surface area contributed by atoms with Crippen LogP contribution in [0.4, 0.5) is 4.39 Å². The van der Waals surface area contributed by atoms with Crippen LogP contribution in [-0.2, 0) is 15.6 Å². The van der Waals surface area contributed by atoms with E-state index >= 15 is 0 Å². The summed E-state index contributed by atoms with van der Waals surface area (Å²) in [6.07, 6.45) is 0. The maximum absolute atomic E-state index is 13.7. The van der Waals surface area contributed by atoms with Gasteiger partial charge in [0.1, 0.15) is 10.0 Å². The van der Waals surface area contributed by atoms with Crippen LogP contribution in [0.15, 0.2) is 39.0 Å². The molecular weight excluding hydrogens is 405 g/mol. The molecule has 0 saturated heterocycles. The van der Waals surface area contributed by atoms with Crippen molar-refractivity contribution in [3.8, 4) is 0 Å². The van der Waals surface area contributed by atoms with Gasteiger partial charge >= 0.3 is 0 Å². The van der Waals surface area contributed by atoms with Gasteiger partial charge in [-0.05, 0) is 40.2 Å². The molecule has 1 aromatic heterocycles.